The van der Waals surface area contributed by atoms with Crippen molar-refractivity contribution in [1.82, 2.24) is 9.55 Å². The Bertz CT molecular complexity index is 1300. The summed E-state index contributed by atoms with van der Waals surface area (Å²) in [5.41, 5.74) is 1.22. The van der Waals surface area contributed by atoms with Gasteiger partial charge in [-0.2, -0.15) is 0 Å². The lowest BCUT2D eigenvalue weighted by atomic mass is 9.85. The summed E-state index contributed by atoms with van der Waals surface area (Å²) in [6.07, 6.45) is 0.180. The molecule has 5 rings (SSSR count). The van der Waals surface area contributed by atoms with Crippen LogP contribution in [-0.4, -0.2) is 32.4 Å². The average Bonchev–Trinajstić information content (AvgIpc) is 3.09. The predicted octanol–water partition coefficient (Wildman–Crippen LogP) is 2.30. The summed E-state index contributed by atoms with van der Waals surface area (Å²) in [7, 11) is 0. The van der Waals surface area contributed by atoms with E-state index < -0.39 is 24.7 Å². The SMILES string of the molecule is CCc1c2c(nc3ccc(O)cc13)-c1cc3c(c(=O)n1C2)COC(=O)C3(O)CCF. The van der Waals surface area contributed by atoms with E-state index in [2.05, 4.69) is 0 Å². The smallest absolute Gasteiger partial charge is 0.343 e. The number of aliphatic hydroxyl groups is 1. The molecule has 1 unspecified atom stereocenters. The Labute approximate surface area is 170 Å². The van der Waals surface area contributed by atoms with E-state index in [1.54, 1.807) is 28.8 Å². The third-order valence-corrected chi connectivity index (χ3v) is 6.09. The third-order valence-electron chi connectivity index (χ3n) is 6.09. The number of rotatable bonds is 3. The van der Waals surface area contributed by atoms with E-state index in [0.29, 0.717) is 23.3 Å². The predicted molar refractivity (Wildman–Crippen MR) is 106 cm³/mol. The van der Waals surface area contributed by atoms with Crippen LogP contribution in [0.15, 0.2) is 29.1 Å². The summed E-state index contributed by atoms with van der Waals surface area (Å²) in [6, 6.07) is 6.48. The second-order valence-electron chi connectivity index (χ2n) is 7.66. The van der Waals surface area contributed by atoms with Crippen molar-refractivity contribution in [3.8, 4) is 17.1 Å². The molecule has 7 nitrogen and oxygen atoms in total. The van der Waals surface area contributed by atoms with E-state index in [4.69, 9.17) is 9.72 Å². The first-order valence-corrected chi connectivity index (χ1v) is 9.76. The molecule has 0 amide bonds. The summed E-state index contributed by atoms with van der Waals surface area (Å²) < 4.78 is 19.7. The summed E-state index contributed by atoms with van der Waals surface area (Å²) in [5, 5.41) is 21.6. The lowest BCUT2D eigenvalue weighted by molar-refractivity contribution is -0.173. The van der Waals surface area contributed by atoms with Gasteiger partial charge in [0, 0.05) is 22.9 Å². The van der Waals surface area contributed by atoms with E-state index in [1.165, 1.54) is 0 Å². The van der Waals surface area contributed by atoms with E-state index in [-0.39, 0.29) is 35.6 Å². The van der Waals surface area contributed by atoms with Crippen LogP contribution in [0.25, 0.3) is 22.3 Å². The molecule has 0 aliphatic carbocycles. The molecule has 2 aromatic heterocycles. The number of cyclic esters (lactones) is 1. The van der Waals surface area contributed by atoms with Crippen LogP contribution in [0.2, 0.25) is 0 Å². The maximum atomic E-state index is 13.2. The second-order valence-corrected chi connectivity index (χ2v) is 7.66. The van der Waals surface area contributed by atoms with Crippen molar-refractivity contribution < 1.29 is 24.1 Å². The Balaban J connectivity index is 1.81. The number of benzene rings is 1. The Kier molecular flexibility index (Phi) is 3.98. The number of carbonyl (C=O) groups excluding carboxylic acids is 1. The standard InChI is InChI=1S/C22H19FN2O5/c1-2-12-13-7-11(26)3-4-17(13)24-19-14(12)9-25-18(19)8-16-15(20(25)27)10-30-21(28)22(16,29)5-6-23/h3-4,7-8,26,29H,2,5-6,9-10H2,1H3. The van der Waals surface area contributed by atoms with Gasteiger partial charge in [-0.15, -0.1) is 0 Å². The molecule has 154 valence electrons. The number of carbonyl (C=O) groups is 1. The monoisotopic (exact) mass is 410 g/mol. The Morgan fingerprint density at radius 2 is 2.07 bits per heavy atom. The van der Waals surface area contributed by atoms with Gasteiger partial charge in [0.2, 0.25) is 0 Å². The van der Waals surface area contributed by atoms with Crippen LogP contribution in [0.5, 0.6) is 5.75 Å². The van der Waals surface area contributed by atoms with Crippen LogP contribution < -0.4 is 5.56 Å². The molecule has 1 aromatic carbocycles. The van der Waals surface area contributed by atoms with E-state index >= 15 is 0 Å². The highest BCUT2D eigenvalue weighted by Gasteiger charge is 2.46. The van der Waals surface area contributed by atoms with Crippen molar-refractivity contribution in [1.29, 1.82) is 0 Å². The number of hydrogen-bond acceptors (Lipinski definition) is 6. The molecule has 2 aliphatic rings. The average molecular weight is 410 g/mol. The molecule has 3 aromatic rings. The van der Waals surface area contributed by atoms with Crippen molar-refractivity contribution in [2.75, 3.05) is 6.67 Å². The number of ether oxygens (including phenoxy) is 1. The fourth-order valence-electron chi connectivity index (χ4n) is 4.59. The minimum absolute atomic E-state index is 0.0890. The van der Waals surface area contributed by atoms with Gasteiger partial charge in [-0.3, -0.25) is 9.18 Å². The first kappa shape index (κ1) is 18.7. The number of aromatic nitrogens is 2. The summed E-state index contributed by atoms with van der Waals surface area (Å²) in [4.78, 5) is 30.2. The number of fused-ring (bicyclic) bond motifs is 5. The fraction of sp³-hybridized carbons (Fsp3) is 0.318. The highest BCUT2D eigenvalue weighted by Crippen LogP contribution is 2.40. The molecule has 30 heavy (non-hydrogen) atoms. The Morgan fingerprint density at radius 1 is 1.27 bits per heavy atom. The molecule has 0 saturated heterocycles. The summed E-state index contributed by atoms with van der Waals surface area (Å²) >= 11 is 0. The minimum Gasteiger partial charge on any atom is -0.508 e. The van der Waals surface area contributed by atoms with Crippen LogP contribution in [-0.2, 0) is 34.7 Å². The molecule has 0 bridgehead atoms. The van der Waals surface area contributed by atoms with Crippen molar-refractivity contribution in [2.24, 2.45) is 0 Å². The zero-order chi connectivity index (χ0) is 21.2. The maximum absolute atomic E-state index is 13.2. The molecule has 2 aliphatic heterocycles. The maximum Gasteiger partial charge on any atom is 0.343 e. The summed E-state index contributed by atoms with van der Waals surface area (Å²) in [5.74, 6) is -0.819. The third kappa shape index (κ3) is 2.37. The molecular weight excluding hydrogens is 391 g/mol. The molecule has 0 fully saturated rings. The molecule has 0 saturated carbocycles. The zero-order valence-corrected chi connectivity index (χ0v) is 16.2. The lowest BCUT2D eigenvalue weighted by Crippen LogP contribution is -2.45. The minimum atomic E-state index is -2.20. The van der Waals surface area contributed by atoms with E-state index in [0.717, 1.165) is 16.5 Å². The molecule has 0 spiro atoms. The van der Waals surface area contributed by atoms with Crippen LogP contribution in [0.4, 0.5) is 4.39 Å². The number of alkyl halides is 1. The van der Waals surface area contributed by atoms with Gasteiger partial charge in [0.25, 0.3) is 5.56 Å². The van der Waals surface area contributed by atoms with Gasteiger partial charge < -0.3 is 19.5 Å². The normalized spacial score (nSPS) is 19.4. The Morgan fingerprint density at radius 3 is 2.80 bits per heavy atom. The van der Waals surface area contributed by atoms with Gasteiger partial charge in [-0.1, -0.05) is 6.92 Å². The van der Waals surface area contributed by atoms with Crippen LogP contribution in [0.1, 0.15) is 35.6 Å². The molecular formula is C22H19FN2O5. The van der Waals surface area contributed by atoms with Gasteiger partial charge in [0.1, 0.15) is 12.4 Å². The van der Waals surface area contributed by atoms with Crippen molar-refractivity contribution in [3.63, 3.8) is 0 Å². The number of esters is 1. The molecule has 2 N–H and O–H groups in total. The van der Waals surface area contributed by atoms with Gasteiger partial charge in [0.15, 0.2) is 5.60 Å². The highest BCUT2D eigenvalue weighted by molar-refractivity contribution is 5.89. The number of aromatic hydroxyl groups is 1. The van der Waals surface area contributed by atoms with Gasteiger partial charge in [0.05, 0.1) is 35.7 Å². The number of pyridine rings is 2. The second kappa shape index (κ2) is 6.37. The molecule has 1 atom stereocenters. The summed E-state index contributed by atoms with van der Waals surface area (Å²) in [6.45, 7) is 1.07. The number of halogens is 1. The number of aryl methyl sites for hydroxylation is 1. The van der Waals surface area contributed by atoms with Crippen LogP contribution in [0, 0.1) is 0 Å². The molecule has 4 heterocycles. The molecule has 0 radical (unpaired) electrons. The van der Waals surface area contributed by atoms with E-state index in [1.807, 2.05) is 6.92 Å². The number of phenols is 1. The quantitative estimate of drug-likeness (QED) is 0.503. The van der Waals surface area contributed by atoms with Crippen LogP contribution >= 0.6 is 0 Å². The van der Waals surface area contributed by atoms with Gasteiger partial charge in [-0.05, 0) is 36.2 Å². The number of hydrogen-bond donors (Lipinski definition) is 2. The van der Waals surface area contributed by atoms with Crippen LogP contribution in [0.3, 0.4) is 0 Å². The fourth-order valence-corrected chi connectivity index (χ4v) is 4.59. The largest absolute Gasteiger partial charge is 0.508 e. The first-order chi connectivity index (χ1) is 14.4. The zero-order valence-electron chi connectivity index (χ0n) is 16.2. The highest BCUT2D eigenvalue weighted by atomic mass is 19.1. The number of nitrogens with zero attached hydrogens (tertiary/aromatic N) is 2. The van der Waals surface area contributed by atoms with Gasteiger partial charge in [-0.25, -0.2) is 9.78 Å². The first-order valence-electron chi connectivity index (χ1n) is 9.76. The van der Waals surface area contributed by atoms with Crippen molar-refractivity contribution >= 4 is 16.9 Å². The van der Waals surface area contributed by atoms with Crippen molar-refractivity contribution in [3.05, 3.63) is 56.9 Å². The Hall–Kier alpha value is -3.26. The lowest BCUT2D eigenvalue weighted by Gasteiger charge is -2.31. The number of phenolic OH excluding ortho intramolecular Hbond substituents is 1. The molecule has 8 heteroatoms. The van der Waals surface area contributed by atoms with E-state index in [9.17, 15) is 24.2 Å². The van der Waals surface area contributed by atoms with Gasteiger partial charge >= 0.3 is 5.97 Å². The topological polar surface area (TPSA) is 102 Å². The van der Waals surface area contributed by atoms with Crippen molar-refractivity contribution in [2.45, 2.75) is 38.5 Å².